The number of carbonyl (C=O) groups is 1. The van der Waals surface area contributed by atoms with E-state index in [4.69, 9.17) is 4.74 Å². The molecule has 0 amide bonds. The van der Waals surface area contributed by atoms with Gasteiger partial charge in [0.25, 0.3) is 0 Å². The Morgan fingerprint density at radius 3 is 2.94 bits per heavy atom. The highest BCUT2D eigenvalue weighted by Gasteiger charge is 1.99. The number of esters is 1. The molecule has 0 saturated heterocycles. The van der Waals surface area contributed by atoms with Crippen molar-refractivity contribution < 1.29 is 13.9 Å². The van der Waals surface area contributed by atoms with Gasteiger partial charge in [-0.1, -0.05) is 34.1 Å². The first-order valence-electron chi connectivity index (χ1n) is 4.90. The average molecular weight is 287 g/mol. The zero-order valence-corrected chi connectivity index (χ0v) is 10.5. The van der Waals surface area contributed by atoms with E-state index in [9.17, 15) is 9.18 Å². The van der Waals surface area contributed by atoms with Crippen molar-refractivity contribution in [1.29, 1.82) is 0 Å². The van der Waals surface area contributed by atoms with E-state index in [1.807, 2.05) is 0 Å². The van der Waals surface area contributed by atoms with Gasteiger partial charge in [-0.25, -0.2) is 4.39 Å². The molecule has 0 bridgehead atoms. The molecule has 0 unspecified atom stereocenters. The largest absolute Gasteiger partial charge is 0.466 e. The maximum Gasteiger partial charge on any atom is 0.309 e. The van der Waals surface area contributed by atoms with Gasteiger partial charge in [0.2, 0.25) is 0 Å². The molecule has 0 aliphatic heterocycles. The standard InChI is InChI=1S/C12H12BrFO2/c1-2-16-12(15)5-3-4-9-6-7-10(14)8-11(9)13/h3-4,6-8H,2,5H2,1H3. The summed E-state index contributed by atoms with van der Waals surface area (Å²) in [7, 11) is 0. The van der Waals surface area contributed by atoms with Crippen molar-refractivity contribution in [3.63, 3.8) is 0 Å². The van der Waals surface area contributed by atoms with Gasteiger partial charge in [-0.15, -0.1) is 0 Å². The Labute approximate surface area is 102 Å². The van der Waals surface area contributed by atoms with Crippen LogP contribution in [0.2, 0.25) is 0 Å². The molecule has 4 heteroatoms. The summed E-state index contributed by atoms with van der Waals surface area (Å²) in [4.78, 5) is 11.0. The second kappa shape index (κ2) is 6.43. The van der Waals surface area contributed by atoms with Crippen LogP contribution in [-0.2, 0) is 9.53 Å². The molecule has 0 aliphatic carbocycles. The Morgan fingerprint density at radius 1 is 1.56 bits per heavy atom. The van der Waals surface area contributed by atoms with Crippen molar-refractivity contribution in [3.8, 4) is 0 Å². The molecule has 2 nitrogen and oxygen atoms in total. The number of benzene rings is 1. The Bertz CT molecular complexity index is 402. The normalized spacial score (nSPS) is 10.7. The van der Waals surface area contributed by atoms with E-state index in [-0.39, 0.29) is 18.2 Å². The van der Waals surface area contributed by atoms with E-state index >= 15 is 0 Å². The minimum absolute atomic E-state index is 0.220. The van der Waals surface area contributed by atoms with Gasteiger partial charge in [-0.2, -0.15) is 0 Å². The first-order chi connectivity index (χ1) is 7.63. The molecule has 0 aliphatic rings. The minimum atomic E-state index is -0.297. The van der Waals surface area contributed by atoms with Crippen LogP contribution in [0.1, 0.15) is 18.9 Å². The highest BCUT2D eigenvalue weighted by Crippen LogP contribution is 2.19. The third-order valence-corrected chi connectivity index (χ3v) is 2.54. The van der Waals surface area contributed by atoms with Crippen molar-refractivity contribution in [3.05, 3.63) is 40.1 Å². The molecule has 0 aromatic heterocycles. The molecule has 0 atom stereocenters. The van der Waals surface area contributed by atoms with E-state index in [0.29, 0.717) is 11.1 Å². The Morgan fingerprint density at radius 2 is 2.31 bits per heavy atom. The molecule has 0 fully saturated rings. The van der Waals surface area contributed by atoms with E-state index in [0.717, 1.165) is 5.56 Å². The third kappa shape index (κ3) is 4.14. The van der Waals surface area contributed by atoms with Gasteiger partial charge in [0.05, 0.1) is 13.0 Å². The van der Waals surface area contributed by atoms with Crippen molar-refractivity contribution >= 4 is 28.0 Å². The van der Waals surface area contributed by atoms with Crippen LogP contribution < -0.4 is 0 Å². The molecule has 0 saturated carbocycles. The fourth-order valence-corrected chi connectivity index (χ4v) is 1.62. The predicted octanol–water partition coefficient (Wildman–Crippen LogP) is 3.55. The van der Waals surface area contributed by atoms with Gasteiger partial charge in [0.15, 0.2) is 0 Å². The van der Waals surface area contributed by atoms with Gasteiger partial charge >= 0.3 is 5.97 Å². The predicted molar refractivity (Wildman–Crippen MR) is 64.4 cm³/mol. The lowest BCUT2D eigenvalue weighted by Crippen LogP contribution is -2.01. The van der Waals surface area contributed by atoms with Crippen LogP contribution in [0.25, 0.3) is 6.08 Å². The molecule has 0 N–H and O–H groups in total. The van der Waals surface area contributed by atoms with Crippen LogP contribution in [-0.4, -0.2) is 12.6 Å². The molecule has 16 heavy (non-hydrogen) atoms. The lowest BCUT2D eigenvalue weighted by atomic mass is 10.2. The summed E-state index contributed by atoms with van der Waals surface area (Å²) in [6.45, 7) is 2.14. The molecule has 1 aromatic rings. The van der Waals surface area contributed by atoms with Crippen molar-refractivity contribution in [1.82, 2.24) is 0 Å². The topological polar surface area (TPSA) is 26.3 Å². The van der Waals surface area contributed by atoms with Crippen LogP contribution in [0.4, 0.5) is 4.39 Å². The fourth-order valence-electron chi connectivity index (χ4n) is 1.14. The number of halogens is 2. The second-order valence-corrected chi connectivity index (χ2v) is 3.93. The summed E-state index contributed by atoms with van der Waals surface area (Å²) in [5.41, 5.74) is 0.825. The van der Waals surface area contributed by atoms with Crippen LogP contribution in [0, 0.1) is 5.82 Å². The summed E-state index contributed by atoms with van der Waals surface area (Å²) < 4.78 is 18.2. The van der Waals surface area contributed by atoms with Gasteiger partial charge in [-0.3, -0.25) is 4.79 Å². The average Bonchev–Trinajstić information content (AvgIpc) is 2.22. The second-order valence-electron chi connectivity index (χ2n) is 3.08. The molecular weight excluding hydrogens is 275 g/mol. The van der Waals surface area contributed by atoms with Crippen molar-refractivity contribution in [2.45, 2.75) is 13.3 Å². The number of hydrogen-bond acceptors (Lipinski definition) is 2. The van der Waals surface area contributed by atoms with Gasteiger partial charge in [-0.05, 0) is 24.6 Å². The van der Waals surface area contributed by atoms with E-state index in [1.54, 1.807) is 25.1 Å². The van der Waals surface area contributed by atoms with E-state index in [2.05, 4.69) is 15.9 Å². The lowest BCUT2D eigenvalue weighted by molar-refractivity contribution is -0.142. The lowest BCUT2D eigenvalue weighted by Gasteiger charge is -1.99. The summed E-state index contributed by atoms with van der Waals surface area (Å²) in [5.74, 6) is -0.564. The smallest absolute Gasteiger partial charge is 0.309 e. The molecule has 1 rings (SSSR count). The van der Waals surface area contributed by atoms with E-state index < -0.39 is 0 Å². The van der Waals surface area contributed by atoms with E-state index in [1.165, 1.54) is 12.1 Å². The zero-order valence-electron chi connectivity index (χ0n) is 8.87. The first-order valence-corrected chi connectivity index (χ1v) is 5.70. The molecule has 0 spiro atoms. The maximum atomic E-state index is 12.8. The minimum Gasteiger partial charge on any atom is -0.466 e. The number of carbonyl (C=O) groups excluding carboxylic acids is 1. The molecule has 0 heterocycles. The number of rotatable bonds is 4. The Balaban J connectivity index is 2.59. The highest BCUT2D eigenvalue weighted by atomic mass is 79.9. The Kier molecular flexibility index (Phi) is 5.19. The highest BCUT2D eigenvalue weighted by molar-refractivity contribution is 9.10. The first kappa shape index (κ1) is 12.9. The fraction of sp³-hybridized carbons (Fsp3) is 0.250. The van der Waals surface area contributed by atoms with Crippen LogP contribution in [0.3, 0.4) is 0 Å². The van der Waals surface area contributed by atoms with Gasteiger partial charge in [0.1, 0.15) is 5.82 Å². The molecule has 1 aromatic carbocycles. The quantitative estimate of drug-likeness (QED) is 0.791. The number of ether oxygens (including phenoxy) is 1. The SMILES string of the molecule is CCOC(=O)CC=Cc1ccc(F)cc1Br. The zero-order chi connectivity index (χ0) is 12.0. The van der Waals surface area contributed by atoms with Crippen LogP contribution >= 0.6 is 15.9 Å². The molecule has 0 radical (unpaired) electrons. The maximum absolute atomic E-state index is 12.8. The summed E-state index contributed by atoms with van der Waals surface area (Å²) in [6, 6.07) is 4.39. The summed E-state index contributed by atoms with van der Waals surface area (Å²) in [5, 5.41) is 0. The monoisotopic (exact) mass is 286 g/mol. The summed E-state index contributed by atoms with van der Waals surface area (Å²) >= 11 is 3.24. The van der Waals surface area contributed by atoms with Gasteiger partial charge in [0, 0.05) is 4.47 Å². The van der Waals surface area contributed by atoms with Crippen LogP contribution in [0.15, 0.2) is 28.7 Å². The van der Waals surface area contributed by atoms with Gasteiger partial charge < -0.3 is 4.74 Å². The summed E-state index contributed by atoms with van der Waals surface area (Å²) in [6.07, 6.45) is 3.66. The molecular formula is C12H12BrFO2. The van der Waals surface area contributed by atoms with Crippen LogP contribution in [0.5, 0.6) is 0 Å². The van der Waals surface area contributed by atoms with Crippen molar-refractivity contribution in [2.75, 3.05) is 6.61 Å². The van der Waals surface area contributed by atoms with Crippen molar-refractivity contribution in [2.24, 2.45) is 0 Å². The molecule has 86 valence electrons. The number of hydrogen-bond donors (Lipinski definition) is 0. The Hall–Kier alpha value is -1.16. The third-order valence-electron chi connectivity index (χ3n) is 1.85.